The topological polar surface area (TPSA) is 38.5 Å². The molecule has 3 atom stereocenters. The van der Waals surface area contributed by atoms with Gasteiger partial charge in [0.2, 0.25) is 0 Å². The number of nitrogens with zero attached hydrogens (tertiary/aromatic N) is 1. The lowest BCUT2D eigenvalue weighted by molar-refractivity contribution is -0.134. The zero-order chi connectivity index (χ0) is 13.5. The highest BCUT2D eigenvalue weighted by atomic mass is 16.5. The van der Waals surface area contributed by atoms with Crippen molar-refractivity contribution < 1.29 is 4.74 Å². The molecule has 0 bridgehead atoms. The zero-order valence-corrected chi connectivity index (χ0v) is 12.7. The van der Waals surface area contributed by atoms with E-state index in [1.165, 1.54) is 38.6 Å². The van der Waals surface area contributed by atoms with E-state index in [0.29, 0.717) is 0 Å². The van der Waals surface area contributed by atoms with Crippen LogP contribution < -0.4 is 5.73 Å². The van der Waals surface area contributed by atoms with E-state index in [1.807, 2.05) is 0 Å². The Morgan fingerprint density at radius 1 is 1.21 bits per heavy atom. The third-order valence-electron chi connectivity index (χ3n) is 5.80. The summed E-state index contributed by atoms with van der Waals surface area (Å²) in [5.41, 5.74) is 6.47. The molecule has 0 aromatic rings. The molecule has 0 spiro atoms. The smallest absolute Gasteiger partial charge is 0.0644 e. The minimum absolute atomic E-state index is 0.0107. The Labute approximate surface area is 117 Å². The van der Waals surface area contributed by atoms with Crippen LogP contribution in [0.5, 0.6) is 0 Å². The van der Waals surface area contributed by atoms with E-state index >= 15 is 0 Å². The molecule has 0 radical (unpaired) electrons. The van der Waals surface area contributed by atoms with Gasteiger partial charge in [0.1, 0.15) is 0 Å². The van der Waals surface area contributed by atoms with Gasteiger partial charge in [0.25, 0.3) is 0 Å². The molecule has 2 aliphatic heterocycles. The molecular weight excluding hydrogens is 236 g/mol. The summed E-state index contributed by atoms with van der Waals surface area (Å²) in [6, 6.07) is 0.811. The summed E-state index contributed by atoms with van der Waals surface area (Å²) < 4.78 is 5.94. The molecule has 3 fully saturated rings. The van der Waals surface area contributed by atoms with Gasteiger partial charge in [0.15, 0.2) is 0 Å². The van der Waals surface area contributed by atoms with E-state index in [0.717, 1.165) is 38.0 Å². The molecular formula is C16H30N2O. The molecule has 19 heavy (non-hydrogen) atoms. The molecule has 3 rings (SSSR count). The number of fused-ring (bicyclic) bond motifs is 1. The first-order valence-corrected chi connectivity index (χ1v) is 8.17. The van der Waals surface area contributed by atoms with Gasteiger partial charge >= 0.3 is 0 Å². The monoisotopic (exact) mass is 266 g/mol. The van der Waals surface area contributed by atoms with E-state index in [4.69, 9.17) is 10.5 Å². The van der Waals surface area contributed by atoms with Crippen molar-refractivity contribution in [3.63, 3.8) is 0 Å². The van der Waals surface area contributed by atoms with Crippen molar-refractivity contribution in [1.29, 1.82) is 0 Å². The zero-order valence-electron chi connectivity index (χ0n) is 12.7. The lowest BCUT2D eigenvalue weighted by Crippen LogP contribution is -2.65. The van der Waals surface area contributed by atoms with Gasteiger partial charge in [-0.15, -0.1) is 0 Å². The van der Waals surface area contributed by atoms with Gasteiger partial charge in [0.05, 0.1) is 5.60 Å². The molecule has 0 aromatic carbocycles. The summed E-state index contributed by atoms with van der Waals surface area (Å²) in [5, 5.41) is 0. The number of likely N-dealkylation sites (tertiary alicyclic amines) is 1. The first kappa shape index (κ1) is 13.8. The van der Waals surface area contributed by atoms with E-state index in [9.17, 15) is 0 Å². The fourth-order valence-corrected chi connectivity index (χ4v) is 5.03. The lowest BCUT2D eigenvalue weighted by Gasteiger charge is -2.55. The summed E-state index contributed by atoms with van der Waals surface area (Å²) in [6.07, 6.45) is 9.30. The van der Waals surface area contributed by atoms with Gasteiger partial charge in [-0.3, -0.25) is 4.90 Å². The van der Waals surface area contributed by atoms with Crippen LogP contribution in [0.4, 0.5) is 0 Å². The van der Waals surface area contributed by atoms with Crippen LogP contribution in [0.2, 0.25) is 0 Å². The SMILES string of the molecule is CC1(C)CC(CN)(N2CCCC3CCCC32)CCO1. The fourth-order valence-electron chi connectivity index (χ4n) is 5.03. The maximum absolute atomic E-state index is 6.28. The van der Waals surface area contributed by atoms with E-state index in [2.05, 4.69) is 18.7 Å². The number of hydrogen-bond donors (Lipinski definition) is 1. The largest absolute Gasteiger partial charge is 0.375 e. The minimum Gasteiger partial charge on any atom is -0.375 e. The molecule has 1 saturated carbocycles. The summed E-state index contributed by atoms with van der Waals surface area (Å²) in [5.74, 6) is 0.947. The Morgan fingerprint density at radius 2 is 2.00 bits per heavy atom. The number of rotatable bonds is 2. The normalized spacial score (nSPS) is 43.1. The van der Waals surface area contributed by atoms with Gasteiger partial charge < -0.3 is 10.5 Å². The highest BCUT2D eigenvalue weighted by Crippen LogP contribution is 2.44. The molecule has 3 heteroatoms. The minimum atomic E-state index is -0.0107. The predicted molar refractivity (Wildman–Crippen MR) is 78.1 cm³/mol. The van der Waals surface area contributed by atoms with Crippen LogP contribution in [0.3, 0.4) is 0 Å². The third-order valence-corrected chi connectivity index (χ3v) is 5.80. The second-order valence-corrected chi connectivity index (χ2v) is 7.56. The Hall–Kier alpha value is -0.120. The molecule has 1 aliphatic carbocycles. The Bertz CT molecular complexity index is 331. The van der Waals surface area contributed by atoms with Gasteiger partial charge in [0, 0.05) is 24.7 Å². The highest BCUT2D eigenvalue weighted by molar-refractivity contribution is 5.04. The standard InChI is InChI=1S/C16H30N2O/c1-15(2)11-16(12-17,8-10-19-15)18-9-4-6-13-5-3-7-14(13)18/h13-14H,3-12,17H2,1-2H3. The van der Waals surface area contributed by atoms with Gasteiger partial charge in [-0.2, -0.15) is 0 Å². The Kier molecular flexibility index (Phi) is 3.65. The fraction of sp³-hybridized carbons (Fsp3) is 1.00. The van der Waals surface area contributed by atoms with Crippen LogP contribution in [-0.2, 0) is 4.74 Å². The molecule has 3 aliphatic rings. The van der Waals surface area contributed by atoms with Crippen LogP contribution in [0.15, 0.2) is 0 Å². The summed E-state index contributed by atoms with van der Waals surface area (Å²) >= 11 is 0. The van der Waals surface area contributed by atoms with Crippen molar-refractivity contribution in [1.82, 2.24) is 4.90 Å². The average molecular weight is 266 g/mol. The molecule has 110 valence electrons. The van der Waals surface area contributed by atoms with E-state index in [1.54, 1.807) is 0 Å². The second kappa shape index (κ2) is 5.01. The summed E-state index contributed by atoms with van der Waals surface area (Å²) in [6.45, 7) is 7.38. The quantitative estimate of drug-likeness (QED) is 0.835. The van der Waals surface area contributed by atoms with Crippen molar-refractivity contribution in [3.8, 4) is 0 Å². The molecule has 3 nitrogen and oxygen atoms in total. The Balaban J connectivity index is 1.84. The molecule has 0 amide bonds. The van der Waals surface area contributed by atoms with Gasteiger partial charge in [-0.05, 0) is 64.8 Å². The van der Waals surface area contributed by atoms with E-state index in [-0.39, 0.29) is 11.1 Å². The van der Waals surface area contributed by atoms with Crippen molar-refractivity contribution in [2.75, 3.05) is 19.7 Å². The average Bonchev–Trinajstić information content (AvgIpc) is 2.85. The summed E-state index contributed by atoms with van der Waals surface area (Å²) in [7, 11) is 0. The van der Waals surface area contributed by atoms with Crippen LogP contribution in [-0.4, -0.2) is 41.8 Å². The van der Waals surface area contributed by atoms with Crippen molar-refractivity contribution >= 4 is 0 Å². The van der Waals surface area contributed by atoms with Crippen molar-refractivity contribution in [2.24, 2.45) is 11.7 Å². The van der Waals surface area contributed by atoms with Crippen LogP contribution in [0, 0.1) is 5.92 Å². The van der Waals surface area contributed by atoms with Crippen molar-refractivity contribution in [3.05, 3.63) is 0 Å². The van der Waals surface area contributed by atoms with E-state index < -0.39 is 0 Å². The van der Waals surface area contributed by atoms with Crippen molar-refractivity contribution in [2.45, 2.75) is 76.0 Å². The third kappa shape index (κ3) is 2.45. The highest BCUT2D eigenvalue weighted by Gasteiger charge is 2.49. The Morgan fingerprint density at radius 3 is 2.74 bits per heavy atom. The summed E-state index contributed by atoms with van der Waals surface area (Å²) in [4.78, 5) is 2.82. The van der Waals surface area contributed by atoms with Gasteiger partial charge in [-0.25, -0.2) is 0 Å². The number of hydrogen-bond acceptors (Lipinski definition) is 3. The molecule has 3 unspecified atom stereocenters. The molecule has 2 N–H and O–H groups in total. The second-order valence-electron chi connectivity index (χ2n) is 7.56. The number of nitrogens with two attached hydrogens (primary N) is 1. The van der Waals surface area contributed by atoms with Crippen LogP contribution in [0.25, 0.3) is 0 Å². The molecule has 2 heterocycles. The number of ether oxygens (including phenoxy) is 1. The first-order valence-electron chi connectivity index (χ1n) is 8.17. The number of piperidine rings is 1. The maximum atomic E-state index is 6.28. The van der Waals surface area contributed by atoms with Gasteiger partial charge in [-0.1, -0.05) is 6.42 Å². The lowest BCUT2D eigenvalue weighted by atomic mass is 9.76. The van der Waals surface area contributed by atoms with Crippen LogP contribution in [0.1, 0.15) is 58.8 Å². The first-order chi connectivity index (χ1) is 9.06. The molecule has 2 saturated heterocycles. The predicted octanol–water partition coefficient (Wildman–Crippen LogP) is 2.54. The maximum Gasteiger partial charge on any atom is 0.0644 e. The van der Waals surface area contributed by atoms with Crippen LogP contribution >= 0.6 is 0 Å². The molecule has 0 aromatic heterocycles.